The summed E-state index contributed by atoms with van der Waals surface area (Å²) in [6.07, 6.45) is 0.639. The van der Waals surface area contributed by atoms with Crippen molar-refractivity contribution in [1.29, 1.82) is 0 Å². The molecule has 0 spiro atoms. The summed E-state index contributed by atoms with van der Waals surface area (Å²) < 4.78 is 30.9. The molecule has 0 aliphatic heterocycles. The van der Waals surface area contributed by atoms with Gasteiger partial charge in [-0.1, -0.05) is 24.3 Å². The van der Waals surface area contributed by atoms with Gasteiger partial charge in [0, 0.05) is 11.9 Å². The van der Waals surface area contributed by atoms with E-state index >= 15 is 0 Å². The predicted octanol–water partition coefficient (Wildman–Crippen LogP) is 3.68. The Morgan fingerprint density at radius 1 is 1.28 bits per heavy atom. The number of nitrogens with zero attached hydrogens (tertiary/aromatic N) is 2. The van der Waals surface area contributed by atoms with Crippen LogP contribution in [0.3, 0.4) is 0 Å². The number of alkyl halides is 2. The number of imidazole rings is 1. The van der Waals surface area contributed by atoms with Crippen LogP contribution in [0.25, 0.3) is 5.65 Å². The second kappa shape index (κ2) is 7.40. The van der Waals surface area contributed by atoms with Gasteiger partial charge in [0.05, 0.1) is 12.8 Å². The summed E-state index contributed by atoms with van der Waals surface area (Å²) >= 11 is 0. The van der Waals surface area contributed by atoms with Crippen LogP contribution in [-0.4, -0.2) is 28.3 Å². The first-order valence-corrected chi connectivity index (χ1v) is 7.73. The number of nitrogens with one attached hydrogen (secondary N) is 1. The minimum atomic E-state index is -2.51. The van der Waals surface area contributed by atoms with Gasteiger partial charge in [-0.25, -0.2) is 13.8 Å². The number of para-hydroxylation sites is 1. The van der Waals surface area contributed by atoms with Crippen LogP contribution in [0.15, 0.2) is 48.8 Å². The first kappa shape index (κ1) is 17.0. The number of hydrogen-bond acceptors (Lipinski definition) is 3. The highest BCUT2D eigenvalue weighted by Gasteiger charge is 2.13. The molecular formula is C18H17F2N3O2. The molecule has 130 valence electrons. The van der Waals surface area contributed by atoms with Crippen LogP contribution < -0.4 is 5.32 Å². The number of aromatic nitrogens is 2. The molecule has 1 amide bonds. The summed E-state index contributed by atoms with van der Waals surface area (Å²) in [5, 5.41) is 2.85. The first-order valence-electron chi connectivity index (χ1n) is 7.73. The molecule has 0 aliphatic carbocycles. The maximum atomic E-state index is 12.6. The maximum Gasteiger partial charge on any atom is 0.274 e. The molecule has 0 saturated heterocycles. The van der Waals surface area contributed by atoms with Crippen LogP contribution in [0.2, 0.25) is 0 Å². The molecule has 0 radical (unpaired) electrons. The van der Waals surface area contributed by atoms with Crippen LogP contribution >= 0.6 is 0 Å². The normalized spacial score (nSPS) is 11.2. The van der Waals surface area contributed by atoms with Crippen molar-refractivity contribution in [3.8, 4) is 0 Å². The molecule has 0 fully saturated rings. The molecule has 2 aromatic heterocycles. The summed E-state index contributed by atoms with van der Waals surface area (Å²) in [5.41, 5.74) is 3.29. The van der Waals surface area contributed by atoms with E-state index in [0.717, 1.165) is 11.3 Å². The lowest BCUT2D eigenvalue weighted by molar-refractivity contribution is 0.00978. The Kier molecular flexibility index (Phi) is 5.04. The molecule has 7 heteroatoms. The number of benzene rings is 1. The number of carbonyl (C=O) groups excluding carboxylic acids is 1. The Hall–Kier alpha value is -2.80. The van der Waals surface area contributed by atoms with Crippen LogP contribution in [0, 0.1) is 6.92 Å². The Balaban J connectivity index is 1.81. The smallest absolute Gasteiger partial charge is 0.274 e. The molecule has 25 heavy (non-hydrogen) atoms. The summed E-state index contributed by atoms with van der Waals surface area (Å²) in [5.74, 6) is -0.299. The molecule has 1 aromatic carbocycles. The molecule has 3 aromatic rings. The zero-order valence-corrected chi connectivity index (χ0v) is 13.6. The van der Waals surface area contributed by atoms with Crippen molar-refractivity contribution < 1.29 is 18.3 Å². The van der Waals surface area contributed by atoms with Crippen LogP contribution in [0.5, 0.6) is 0 Å². The van der Waals surface area contributed by atoms with Crippen LogP contribution in [-0.2, 0) is 11.3 Å². The highest BCUT2D eigenvalue weighted by molar-refractivity contribution is 6.03. The van der Waals surface area contributed by atoms with E-state index in [1.807, 2.05) is 31.2 Å². The highest BCUT2D eigenvalue weighted by atomic mass is 19.3. The Bertz CT molecular complexity index is 893. The van der Waals surface area contributed by atoms with E-state index in [-0.39, 0.29) is 12.5 Å². The molecule has 0 aliphatic rings. The number of amides is 1. The van der Waals surface area contributed by atoms with Crippen molar-refractivity contribution in [3.05, 3.63) is 65.6 Å². The second-order valence-electron chi connectivity index (χ2n) is 5.58. The maximum absolute atomic E-state index is 12.6. The Labute approximate surface area is 143 Å². The third kappa shape index (κ3) is 4.00. The summed E-state index contributed by atoms with van der Waals surface area (Å²) in [4.78, 5) is 16.7. The van der Waals surface area contributed by atoms with Crippen LogP contribution in [0.1, 0.15) is 21.6 Å². The fraction of sp³-hybridized carbons (Fsp3) is 0.222. The van der Waals surface area contributed by atoms with E-state index in [2.05, 4.69) is 10.3 Å². The lowest BCUT2D eigenvalue weighted by atomic mass is 10.2. The second-order valence-corrected chi connectivity index (χ2v) is 5.58. The number of pyridine rings is 1. The van der Waals surface area contributed by atoms with Crippen molar-refractivity contribution in [2.24, 2.45) is 0 Å². The number of anilines is 1. The van der Waals surface area contributed by atoms with Gasteiger partial charge in [0.2, 0.25) is 0 Å². The number of halogens is 2. The minimum absolute atomic E-state index is 0.0390. The van der Waals surface area contributed by atoms with Gasteiger partial charge in [-0.3, -0.25) is 9.20 Å². The number of ether oxygens (including phenoxy) is 1. The fourth-order valence-corrected chi connectivity index (χ4v) is 2.44. The number of hydrogen-bond donors (Lipinski definition) is 1. The van der Waals surface area contributed by atoms with Crippen molar-refractivity contribution in [2.45, 2.75) is 20.0 Å². The summed E-state index contributed by atoms with van der Waals surface area (Å²) in [6.45, 7) is 1.32. The van der Waals surface area contributed by atoms with Crippen molar-refractivity contribution in [1.82, 2.24) is 9.38 Å². The van der Waals surface area contributed by atoms with Crippen LogP contribution in [0.4, 0.5) is 14.5 Å². The van der Waals surface area contributed by atoms with Gasteiger partial charge in [0.1, 0.15) is 17.9 Å². The van der Waals surface area contributed by atoms with Gasteiger partial charge in [-0.05, 0) is 30.2 Å². The van der Waals surface area contributed by atoms with E-state index in [0.29, 0.717) is 16.9 Å². The standard InChI is InChI=1S/C18H17F2N3O2/c1-12-4-2-3-5-14(12)22-18(24)15-8-21-17-7-6-13(9-23(15)17)10-25-11-16(19)20/h2-9,16H,10-11H2,1H3,(H,22,24). The molecule has 0 saturated carbocycles. The van der Waals surface area contributed by atoms with E-state index in [1.54, 1.807) is 22.7 Å². The molecule has 3 rings (SSSR count). The first-order chi connectivity index (χ1) is 12.0. The monoisotopic (exact) mass is 345 g/mol. The molecule has 2 heterocycles. The Morgan fingerprint density at radius 2 is 2.08 bits per heavy atom. The van der Waals surface area contributed by atoms with Gasteiger partial charge in [0.15, 0.2) is 0 Å². The third-order valence-electron chi connectivity index (χ3n) is 3.71. The fourth-order valence-electron chi connectivity index (χ4n) is 2.44. The zero-order valence-electron chi connectivity index (χ0n) is 13.6. The molecule has 5 nitrogen and oxygen atoms in total. The number of carbonyl (C=O) groups is 1. The lowest BCUT2D eigenvalue weighted by Crippen LogP contribution is -2.15. The SMILES string of the molecule is Cc1ccccc1NC(=O)c1cnc2ccc(COCC(F)F)cn12. The lowest BCUT2D eigenvalue weighted by Gasteiger charge is -2.09. The zero-order chi connectivity index (χ0) is 17.8. The molecule has 0 bridgehead atoms. The average molecular weight is 345 g/mol. The van der Waals surface area contributed by atoms with Crippen molar-refractivity contribution in [2.75, 3.05) is 11.9 Å². The quantitative estimate of drug-likeness (QED) is 0.741. The number of fused-ring (bicyclic) bond motifs is 1. The van der Waals surface area contributed by atoms with Gasteiger partial charge in [-0.2, -0.15) is 0 Å². The van der Waals surface area contributed by atoms with Crippen molar-refractivity contribution in [3.63, 3.8) is 0 Å². The third-order valence-corrected chi connectivity index (χ3v) is 3.71. The van der Waals surface area contributed by atoms with E-state index in [1.165, 1.54) is 6.20 Å². The largest absolute Gasteiger partial charge is 0.371 e. The van der Waals surface area contributed by atoms with Crippen molar-refractivity contribution >= 4 is 17.2 Å². The van der Waals surface area contributed by atoms with Gasteiger partial charge >= 0.3 is 0 Å². The topological polar surface area (TPSA) is 55.6 Å². The van der Waals surface area contributed by atoms with E-state index in [4.69, 9.17) is 4.74 Å². The van der Waals surface area contributed by atoms with Gasteiger partial charge in [-0.15, -0.1) is 0 Å². The number of rotatable bonds is 6. The molecule has 0 unspecified atom stereocenters. The molecule has 0 atom stereocenters. The summed E-state index contributed by atoms with van der Waals surface area (Å²) in [7, 11) is 0. The van der Waals surface area contributed by atoms with E-state index < -0.39 is 13.0 Å². The molecule has 1 N–H and O–H groups in total. The van der Waals surface area contributed by atoms with Gasteiger partial charge < -0.3 is 10.1 Å². The Morgan fingerprint density at radius 3 is 2.84 bits per heavy atom. The predicted molar refractivity (Wildman–Crippen MR) is 90.0 cm³/mol. The van der Waals surface area contributed by atoms with E-state index in [9.17, 15) is 13.6 Å². The average Bonchev–Trinajstić information content (AvgIpc) is 3.00. The highest BCUT2D eigenvalue weighted by Crippen LogP contribution is 2.16. The summed E-state index contributed by atoms with van der Waals surface area (Å²) in [6, 6.07) is 10.9. The number of aryl methyl sites for hydroxylation is 1. The minimum Gasteiger partial charge on any atom is -0.371 e. The molecular weight excluding hydrogens is 328 g/mol. The van der Waals surface area contributed by atoms with Gasteiger partial charge in [0.25, 0.3) is 12.3 Å².